The lowest BCUT2D eigenvalue weighted by Crippen LogP contribution is -2.50. The number of halogens is 2. The lowest BCUT2D eigenvalue weighted by Gasteiger charge is -2.40. The summed E-state index contributed by atoms with van der Waals surface area (Å²) < 4.78 is 5.36. The molecule has 2 aromatic rings. The largest absolute Gasteiger partial charge is 0.497 e. The molecule has 1 aliphatic carbocycles. The number of aryl methyl sites for hydroxylation is 1. The van der Waals surface area contributed by atoms with E-state index < -0.39 is 0 Å². The Bertz CT molecular complexity index is 741. The van der Waals surface area contributed by atoms with Crippen LogP contribution in [0.2, 0.25) is 0 Å². The average Bonchev–Trinajstić information content (AvgIpc) is 2.74. The zero-order valence-corrected chi connectivity index (χ0v) is 19.3. The molecule has 0 amide bonds. The maximum absolute atomic E-state index is 5.36. The first kappa shape index (κ1) is 24.3. The second kappa shape index (κ2) is 12.0. The highest BCUT2D eigenvalue weighted by atomic mass is 35.5. The Kier molecular flexibility index (Phi) is 10.0. The molecule has 0 spiro atoms. The van der Waals surface area contributed by atoms with Crippen LogP contribution in [-0.2, 0) is 6.42 Å². The Hall–Kier alpha value is -1.000. The van der Waals surface area contributed by atoms with Crippen molar-refractivity contribution in [1.82, 2.24) is 9.80 Å². The van der Waals surface area contributed by atoms with E-state index in [1.807, 2.05) is 0 Å². The Morgan fingerprint density at radius 2 is 1.69 bits per heavy atom. The van der Waals surface area contributed by atoms with E-state index in [4.69, 9.17) is 4.74 Å². The van der Waals surface area contributed by atoms with Crippen LogP contribution < -0.4 is 4.74 Å². The van der Waals surface area contributed by atoms with Crippen molar-refractivity contribution in [2.24, 2.45) is 0 Å². The minimum Gasteiger partial charge on any atom is -0.497 e. The quantitative estimate of drug-likeness (QED) is 0.585. The van der Waals surface area contributed by atoms with Crippen LogP contribution in [0, 0.1) is 0 Å². The van der Waals surface area contributed by atoms with Crippen LogP contribution >= 0.6 is 24.8 Å². The smallest absolute Gasteiger partial charge is 0.119 e. The van der Waals surface area contributed by atoms with Crippen LogP contribution in [0.4, 0.5) is 0 Å². The van der Waals surface area contributed by atoms with Gasteiger partial charge in [-0.2, -0.15) is 0 Å². The van der Waals surface area contributed by atoms with Gasteiger partial charge in [0.1, 0.15) is 5.75 Å². The third-order valence-electron chi connectivity index (χ3n) is 6.60. The van der Waals surface area contributed by atoms with E-state index in [2.05, 4.69) is 46.2 Å². The lowest BCUT2D eigenvalue weighted by atomic mass is 9.94. The summed E-state index contributed by atoms with van der Waals surface area (Å²) in [7, 11) is 1.74. The molecule has 0 aromatic heterocycles. The molecule has 5 heteroatoms. The number of piperazine rings is 1. The zero-order chi connectivity index (χ0) is 18.5. The second-order valence-corrected chi connectivity index (χ2v) is 8.28. The van der Waals surface area contributed by atoms with Crippen molar-refractivity contribution in [2.45, 2.75) is 51.0 Å². The predicted octanol–water partition coefficient (Wildman–Crippen LogP) is 5.57. The van der Waals surface area contributed by atoms with Crippen molar-refractivity contribution in [2.75, 3.05) is 39.8 Å². The molecule has 3 nitrogen and oxygen atoms in total. The highest BCUT2D eigenvalue weighted by molar-refractivity contribution is 5.87. The van der Waals surface area contributed by atoms with Gasteiger partial charge in [-0.1, -0.05) is 43.5 Å². The molecule has 0 unspecified atom stereocenters. The highest BCUT2D eigenvalue weighted by Crippen LogP contribution is 2.25. The van der Waals surface area contributed by atoms with E-state index in [9.17, 15) is 0 Å². The molecule has 162 valence electrons. The van der Waals surface area contributed by atoms with Gasteiger partial charge in [0, 0.05) is 32.2 Å². The number of nitrogens with zero attached hydrogens (tertiary/aromatic N) is 2. The summed E-state index contributed by atoms with van der Waals surface area (Å²) in [6.07, 6.45) is 9.62. The molecular weight excluding hydrogens is 403 g/mol. The predicted molar refractivity (Wildman–Crippen MR) is 128 cm³/mol. The summed E-state index contributed by atoms with van der Waals surface area (Å²) in [4.78, 5) is 5.45. The van der Waals surface area contributed by atoms with Gasteiger partial charge in [-0.15, -0.1) is 24.8 Å². The van der Waals surface area contributed by atoms with Gasteiger partial charge in [0.2, 0.25) is 0 Å². The molecule has 0 N–H and O–H groups in total. The number of methoxy groups -OCH3 is 1. The van der Waals surface area contributed by atoms with E-state index in [1.165, 1.54) is 87.6 Å². The van der Waals surface area contributed by atoms with Crippen LogP contribution in [-0.4, -0.2) is 55.7 Å². The number of fused-ring (bicyclic) bond motifs is 1. The van der Waals surface area contributed by atoms with Crippen molar-refractivity contribution in [3.8, 4) is 5.75 Å². The van der Waals surface area contributed by atoms with Crippen molar-refractivity contribution in [3.63, 3.8) is 0 Å². The van der Waals surface area contributed by atoms with Gasteiger partial charge in [0.25, 0.3) is 0 Å². The summed E-state index contributed by atoms with van der Waals surface area (Å²) in [5.74, 6) is 0.940. The molecule has 1 heterocycles. The summed E-state index contributed by atoms with van der Waals surface area (Å²) in [6, 6.07) is 14.0. The fourth-order valence-electron chi connectivity index (χ4n) is 4.97. The van der Waals surface area contributed by atoms with Gasteiger partial charge in [-0.3, -0.25) is 4.90 Å². The third-order valence-corrected chi connectivity index (χ3v) is 6.60. The highest BCUT2D eigenvalue weighted by Gasteiger charge is 2.24. The molecule has 4 rings (SSSR count). The standard InChI is InChI=1S/C24H34N2O.2ClH/c1-27-23-12-13-24-20(7-5-8-21(24)19-23)9-6-14-25-15-17-26(18-16-25)22-10-3-2-4-11-22;;/h5,7-8,12-13,19,22H,2-4,6,9-11,14-18H2,1H3;2*1H. The van der Waals surface area contributed by atoms with Gasteiger partial charge in [-0.05, 0) is 60.7 Å². The van der Waals surface area contributed by atoms with Crippen LogP contribution in [0.5, 0.6) is 5.75 Å². The van der Waals surface area contributed by atoms with Crippen LogP contribution in [0.3, 0.4) is 0 Å². The molecule has 29 heavy (non-hydrogen) atoms. The van der Waals surface area contributed by atoms with Crippen LogP contribution in [0.15, 0.2) is 36.4 Å². The van der Waals surface area contributed by atoms with E-state index in [-0.39, 0.29) is 24.8 Å². The lowest BCUT2D eigenvalue weighted by molar-refractivity contribution is 0.0785. The molecule has 0 radical (unpaired) electrons. The fraction of sp³-hybridized carbons (Fsp3) is 0.583. The van der Waals surface area contributed by atoms with Gasteiger partial charge in [0.15, 0.2) is 0 Å². The molecule has 0 atom stereocenters. The van der Waals surface area contributed by atoms with E-state index >= 15 is 0 Å². The van der Waals surface area contributed by atoms with Gasteiger partial charge < -0.3 is 9.64 Å². The number of benzene rings is 2. The minimum absolute atomic E-state index is 0. The average molecular weight is 439 g/mol. The third kappa shape index (κ3) is 6.24. The Morgan fingerprint density at radius 3 is 2.41 bits per heavy atom. The number of ether oxygens (including phenoxy) is 1. The number of hydrogen-bond donors (Lipinski definition) is 0. The molecule has 1 saturated heterocycles. The molecular formula is C24H36Cl2N2O. The molecule has 2 fully saturated rings. The molecule has 1 saturated carbocycles. The molecule has 1 aliphatic heterocycles. The van der Waals surface area contributed by atoms with Crippen molar-refractivity contribution in [3.05, 3.63) is 42.0 Å². The zero-order valence-electron chi connectivity index (χ0n) is 17.6. The maximum atomic E-state index is 5.36. The first-order valence-corrected chi connectivity index (χ1v) is 10.9. The molecule has 2 aliphatic rings. The fourth-order valence-corrected chi connectivity index (χ4v) is 4.97. The minimum atomic E-state index is 0. The Labute approximate surface area is 188 Å². The van der Waals surface area contributed by atoms with Gasteiger partial charge in [-0.25, -0.2) is 0 Å². The first-order valence-electron chi connectivity index (χ1n) is 10.9. The summed E-state index contributed by atoms with van der Waals surface area (Å²) in [5.41, 5.74) is 1.47. The van der Waals surface area contributed by atoms with Crippen LogP contribution in [0.25, 0.3) is 10.8 Å². The first-order chi connectivity index (χ1) is 13.3. The van der Waals surface area contributed by atoms with Crippen molar-refractivity contribution in [1.29, 1.82) is 0 Å². The van der Waals surface area contributed by atoms with E-state index in [0.29, 0.717) is 0 Å². The SMILES string of the molecule is COc1ccc2c(CCCN3CCN(C4CCCCC4)CC3)cccc2c1.Cl.Cl. The number of hydrogen-bond acceptors (Lipinski definition) is 3. The van der Waals surface area contributed by atoms with Crippen LogP contribution in [0.1, 0.15) is 44.1 Å². The normalized spacial score (nSPS) is 18.8. The van der Waals surface area contributed by atoms with Gasteiger partial charge in [0.05, 0.1) is 7.11 Å². The Morgan fingerprint density at radius 1 is 0.931 bits per heavy atom. The van der Waals surface area contributed by atoms with E-state index in [1.54, 1.807) is 7.11 Å². The topological polar surface area (TPSA) is 15.7 Å². The van der Waals surface area contributed by atoms with Gasteiger partial charge >= 0.3 is 0 Å². The summed E-state index contributed by atoms with van der Waals surface area (Å²) >= 11 is 0. The van der Waals surface area contributed by atoms with Crippen molar-refractivity contribution >= 4 is 35.6 Å². The summed E-state index contributed by atoms with van der Waals surface area (Å²) in [5, 5.41) is 2.66. The van der Waals surface area contributed by atoms with E-state index in [0.717, 1.165) is 18.2 Å². The maximum Gasteiger partial charge on any atom is 0.119 e. The Balaban J connectivity index is 0.00000150. The second-order valence-electron chi connectivity index (χ2n) is 8.28. The van der Waals surface area contributed by atoms with Crippen molar-refractivity contribution < 1.29 is 4.74 Å². The number of rotatable bonds is 6. The summed E-state index contributed by atoms with van der Waals surface area (Å²) in [6.45, 7) is 6.29. The molecule has 0 bridgehead atoms. The molecule has 2 aromatic carbocycles. The monoisotopic (exact) mass is 438 g/mol.